The highest BCUT2D eigenvalue weighted by atomic mass is 32.1. The highest BCUT2D eigenvalue weighted by Crippen LogP contribution is 2.25. The van der Waals surface area contributed by atoms with Gasteiger partial charge in [-0.1, -0.05) is 18.3 Å². The van der Waals surface area contributed by atoms with Crippen molar-refractivity contribution in [1.82, 2.24) is 24.8 Å². The van der Waals surface area contributed by atoms with Crippen molar-refractivity contribution >= 4 is 27.3 Å². The SMILES string of the molecule is CCN1CCC[C@@H]1CNC(=O)c1cc(=O)nc2sc(N3CCCC3)nn12. The van der Waals surface area contributed by atoms with Gasteiger partial charge in [0.1, 0.15) is 5.69 Å². The minimum Gasteiger partial charge on any atom is -0.349 e. The summed E-state index contributed by atoms with van der Waals surface area (Å²) in [5, 5.41) is 8.36. The minimum absolute atomic E-state index is 0.263. The predicted molar refractivity (Wildman–Crippen MR) is 101 cm³/mol. The summed E-state index contributed by atoms with van der Waals surface area (Å²) >= 11 is 1.37. The maximum absolute atomic E-state index is 12.7. The second-order valence-electron chi connectivity index (χ2n) is 6.89. The number of rotatable bonds is 5. The summed E-state index contributed by atoms with van der Waals surface area (Å²) in [4.78, 5) is 33.7. The van der Waals surface area contributed by atoms with Gasteiger partial charge in [-0.2, -0.15) is 9.50 Å². The summed E-state index contributed by atoms with van der Waals surface area (Å²) in [7, 11) is 0. The largest absolute Gasteiger partial charge is 0.349 e. The van der Waals surface area contributed by atoms with Crippen molar-refractivity contribution in [3.8, 4) is 0 Å². The smallest absolute Gasteiger partial charge is 0.274 e. The van der Waals surface area contributed by atoms with E-state index in [4.69, 9.17) is 0 Å². The van der Waals surface area contributed by atoms with Crippen LogP contribution in [0.3, 0.4) is 0 Å². The van der Waals surface area contributed by atoms with E-state index < -0.39 is 5.56 Å². The molecule has 4 heterocycles. The summed E-state index contributed by atoms with van der Waals surface area (Å²) in [6, 6.07) is 1.65. The lowest BCUT2D eigenvalue weighted by Crippen LogP contribution is -2.40. The summed E-state index contributed by atoms with van der Waals surface area (Å²) in [5.74, 6) is -0.263. The van der Waals surface area contributed by atoms with Gasteiger partial charge in [0, 0.05) is 31.7 Å². The van der Waals surface area contributed by atoms with Gasteiger partial charge in [-0.25, -0.2) is 0 Å². The number of hydrogen-bond acceptors (Lipinski definition) is 7. The molecule has 26 heavy (non-hydrogen) atoms. The monoisotopic (exact) mass is 376 g/mol. The number of nitrogens with zero attached hydrogens (tertiary/aromatic N) is 5. The first-order valence-electron chi connectivity index (χ1n) is 9.34. The van der Waals surface area contributed by atoms with Crippen molar-refractivity contribution in [1.29, 1.82) is 0 Å². The Kier molecular flexibility index (Phi) is 4.90. The molecule has 2 saturated heterocycles. The van der Waals surface area contributed by atoms with Crippen molar-refractivity contribution in [3.05, 3.63) is 22.1 Å². The van der Waals surface area contributed by atoms with Crippen LogP contribution in [0.2, 0.25) is 0 Å². The third-order valence-corrected chi connectivity index (χ3v) is 6.23. The van der Waals surface area contributed by atoms with E-state index in [2.05, 4.69) is 32.1 Å². The van der Waals surface area contributed by atoms with Crippen molar-refractivity contribution in [2.75, 3.05) is 37.6 Å². The highest BCUT2D eigenvalue weighted by Gasteiger charge is 2.25. The van der Waals surface area contributed by atoms with Gasteiger partial charge in [0.25, 0.3) is 11.5 Å². The molecule has 140 valence electrons. The van der Waals surface area contributed by atoms with Gasteiger partial charge < -0.3 is 10.2 Å². The van der Waals surface area contributed by atoms with E-state index in [0.717, 1.165) is 50.6 Å². The maximum atomic E-state index is 12.7. The highest BCUT2D eigenvalue weighted by molar-refractivity contribution is 7.20. The molecule has 2 aliphatic rings. The van der Waals surface area contributed by atoms with E-state index in [1.54, 1.807) is 0 Å². The fourth-order valence-corrected chi connectivity index (χ4v) is 4.81. The van der Waals surface area contributed by atoms with E-state index in [9.17, 15) is 9.59 Å². The van der Waals surface area contributed by atoms with Crippen molar-refractivity contribution in [3.63, 3.8) is 0 Å². The van der Waals surface area contributed by atoms with E-state index in [1.807, 2.05) is 0 Å². The van der Waals surface area contributed by atoms with Crippen LogP contribution in [-0.2, 0) is 0 Å². The molecule has 4 rings (SSSR count). The van der Waals surface area contributed by atoms with Crippen LogP contribution >= 0.6 is 11.3 Å². The number of hydrogen-bond donors (Lipinski definition) is 1. The zero-order valence-electron chi connectivity index (χ0n) is 15.0. The lowest BCUT2D eigenvalue weighted by atomic mass is 10.2. The Morgan fingerprint density at radius 2 is 2.12 bits per heavy atom. The Morgan fingerprint density at radius 1 is 1.31 bits per heavy atom. The predicted octanol–water partition coefficient (Wildman–Crippen LogP) is 0.965. The molecular weight excluding hydrogens is 352 g/mol. The van der Waals surface area contributed by atoms with Crippen LogP contribution in [0, 0.1) is 0 Å². The summed E-state index contributed by atoms with van der Waals surface area (Å²) in [6.45, 7) is 6.73. The second kappa shape index (κ2) is 7.32. The Hall–Kier alpha value is -2.00. The van der Waals surface area contributed by atoms with Crippen LogP contribution in [0.4, 0.5) is 5.13 Å². The Bertz CT molecular complexity index is 857. The van der Waals surface area contributed by atoms with E-state index in [1.165, 1.54) is 28.3 Å². The number of amides is 1. The molecule has 1 N–H and O–H groups in total. The van der Waals surface area contributed by atoms with E-state index in [0.29, 0.717) is 17.5 Å². The number of likely N-dealkylation sites (tertiary alicyclic amines) is 1. The van der Waals surface area contributed by atoms with Crippen LogP contribution in [0.15, 0.2) is 10.9 Å². The molecule has 2 aromatic rings. The number of carbonyl (C=O) groups excluding carboxylic acids is 1. The molecule has 0 bridgehead atoms. The zero-order chi connectivity index (χ0) is 18.1. The zero-order valence-corrected chi connectivity index (χ0v) is 15.8. The maximum Gasteiger partial charge on any atom is 0.274 e. The van der Waals surface area contributed by atoms with Gasteiger partial charge in [-0.05, 0) is 38.8 Å². The number of nitrogens with one attached hydrogen (secondary N) is 1. The van der Waals surface area contributed by atoms with Crippen LogP contribution in [-0.4, -0.2) is 64.2 Å². The van der Waals surface area contributed by atoms with Crippen molar-refractivity contribution in [2.24, 2.45) is 0 Å². The molecule has 0 radical (unpaired) electrons. The minimum atomic E-state index is -0.400. The molecule has 0 saturated carbocycles. The van der Waals surface area contributed by atoms with Crippen LogP contribution in [0.1, 0.15) is 43.1 Å². The molecule has 0 aromatic carbocycles. The standard InChI is InChI=1S/C17H24N6O2S/c1-2-21-9-5-6-12(21)11-18-15(25)13-10-14(24)19-16-23(13)20-17(26-16)22-7-3-4-8-22/h10,12H,2-9,11H2,1H3,(H,18,25)/t12-/m1/s1. The number of fused-ring (bicyclic) bond motifs is 1. The summed E-state index contributed by atoms with van der Waals surface area (Å²) in [5.41, 5.74) is -0.134. The Balaban J connectivity index is 1.56. The summed E-state index contributed by atoms with van der Waals surface area (Å²) < 4.78 is 1.52. The number of carbonyl (C=O) groups is 1. The average Bonchev–Trinajstić information content (AvgIpc) is 3.37. The number of aromatic nitrogens is 3. The second-order valence-corrected chi connectivity index (χ2v) is 7.82. The average molecular weight is 376 g/mol. The molecule has 2 aromatic heterocycles. The van der Waals surface area contributed by atoms with Gasteiger partial charge >= 0.3 is 0 Å². The molecule has 1 atom stereocenters. The van der Waals surface area contributed by atoms with Gasteiger partial charge in [0.15, 0.2) is 0 Å². The third-order valence-electron chi connectivity index (χ3n) is 5.26. The van der Waals surface area contributed by atoms with Gasteiger partial charge in [-0.15, -0.1) is 5.10 Å². The van der Waals surface area contributed by atoms with Crippen LogP contribution in [0.5, 0.6) is 0 Å². The van der Waals surface area contributed by atoms with Gasteiger partial charge in [0.05, 0.1) is 0 Å². The first-order valence-corrected chi connectivity index (χ1v) is 10.2. The lowest BCUT2D eigenvalue weighted by molar-refractivity contribution is 0.0933. The molecule has 9 heteroatoms. The normalized spacial score (nSPS) is 21.0. The van der Waals surface area contributed by atoms with Crippen LogP contribution in [0.25, 0.3) is 4.96 Å². The molecule has 2 aliphatic heterocycles. The Labute approximate surface area is 155 Å². The van der Waals surface area contributed by atoms with Crippen molar-refractivity contribution in [2.45, 2.75) is 38.6 Å². The summed E-state index contributed by atoms with van der Waals surface area (Å²) in [6.07, 6.45) is 4.54. The first kappa shape index (κ1) is 17.4. The molecule has 2 fully saturated rings. The fourth-order valence-electron chi connectivity index (χ4n) is 3.85. The van der Waals surface area contributed by atoms with E-state index >= 15 is 0 Å². The number of anilines is 1. The van der Waals surface area contributed by atoms with Gasteiger partial charge in [0.2, 0.25) is 10.1 Å². The third kappa shape index (κ3) is 3.33. The van der Waals surface area contributed by atoms with Gasteiger partial charge in [-0.3, -0.25) is 14.5 Å². The lowest BCUT2D eigenvalue weighted by Gasteiger charge is -2.22. The van der Waals surface area contributed by atoms with Crippen molar-refractivity contribution < 1.29 is 4.79 Å². The molecular formula is C17H24N6O2S. The van der Waals surface area contributed by atoms with E-state index in [-0.39, 0.29) is 11.6 Å². The quantitative estimate of drug-likeness (QED) is 0.837. The topological polar surface area (TPSA) is 82.8 Å². The fraction of sp³-hybridized carbons (Fsp3) is 0.647. The number of likely N-dealkylation sites (N-methyl/N-ethyl adjacent to an activating group) is 1. The molecule has 0 spiro atoms. The Morgan fingerprint density at radius 3 is 2.88 bits per heavy atom. The van der Waals surface area contributed by atoms with Crippen LogP contribution < -0.4 is 15.8 Å². The molecule has 1 amide bonds. The first-order chi connectivity index (χ1) is 12.7. The molecule has 0 aliphatic carbocycles. The molecule has 8 nitrogen and oxygen atoms in total. The molecule has 0 unspecified atom stereocenters.